The van der Waals surface area contributed by atoms with Gasteiger partial charge in [-0.3, -0.25) is 15.2 Å². The van der Waals surface area contributed by atoms with Crippen LogP contribution in [0.25, 0.3) is 0 Å². The summed E-state index contributed by atoms with van der Waals surface area (Å²) in [6.45, 7) is 3.28. The van der Waals surface area contributed by atoms with Gasteiger partial charge in [0.05, 0.1) is 16.3 Å². The number of anilines is 3. The van der Waals surface area contributed by atoms with Gasteiger partial charge < -0.3 is 10.2 Å². The van der Waals surface area contributed by atoms with E-state index in [2.05, 4.69) is 38.5 Å². The second kappa shape index (κ2) is 8.44. The van der Waals surface area contributed by atoms with Crippen molar-refractivity contribution in [2.45, 2.75) is 32.1 Å². The molecule has 9 nitrogen and oxygen atoms in total. The number of hydrogen-bond donors (Lipinski definition) is 2. The largest absolute Gasteiger partial charge is 0.353 e. The van der Waals surface area contributed by atoms with E-state index in [4.69, 9.17) is 0 Å². The number of H-pyrrole nitrogens is 1. The molecule has 2 N–H and O–H groups in total. The van der Waals surface area contributed by atoms with Crippen LogP contribution in [0.1, 0.15) is 37.1 Å². The van der Waals surface area contributed by atoms with Crippen molar-refractivity contribution in [3.05, 3.63) is 64.0 Å². The lowest BCUT2D eigenvalue weighted by Crippen LogP contribution is -2.34. The molecule has 0 spiro atoms. The van der Waals surface area contributed by atoms with Crippen molar-refractivity contribution in [3.8, 4) is 0 Å². The molecule has 3 aromatic rings. The van der Waals surface area contributed by atoms with Crippen molar-refractivity contribution in [2.75, 3.05) is 23.3 Å². The van der Waals surface area contributed by atoms with Crippen molar-refractivity contribution in [2.24, 2.45) is 0 Å². The molecule has 0 aliphatic carbocycles. The van der Waals surface area contributed by atoms with Crippen molar-refractivity contribution < 1.29 is 9.31 Å². The number of nitrogens with zero attached hydrogens (tertiary/aromatic N) is 5. The molecule has 3 heterocycles. The minimum absolute atomic E-state index is 0.0305. The summed E-state index contributed by atoms with van der Waals surface area (Å²) >= 11 is 0. The van der Waals surface area contributed by atoms with Crippen LogP contribution in [0.5, 0.6) is 0 Å². The molecular weight excluding hydrogens is 389 g/mol. The van der Waals surface area contributed by atoms with Crippen LogP contribution in [0, 0.1) is 15.9 Å². The average Bonchev–Trinajstić information content (AvgIpc) is 3.24. The molecule has 0 amide bonds. The third-order valence-corrected chi connectivity index (χ3v) is 5.36. The fourth-order valence-corrected chi connectivity index (χ4v) is 3.71. The molecule has 1 aliphatic rings. The highest BCUT2D eigenvalue weighted by molar-refractivity contribution is 5.74. The number of benzene rings is 1. The fourth-order valence-electron chi connectivity index (χ4n) is 3.71. The Hall–Kier alpha value is -3.56. The number of nitrogens with one attached hydrogen (secondary N) is 2. The second-order valence-electron chi connectivity index (χ2n) is 7.19. The number of nitro groups is 1. The van der Waals surface area contributed by atoms with Crippen LogP contribution in [0.4, 0.5) is 27.4 Å². The van der Waals surface area contributed by atoms with Crippen LogP contribution >= 0.6 is 0 Å². The lowest BCUT2D eigenvalue weighted by molar-refractivity contribution is -0.383. The molecule has 1 fully saturated rings. The quantitative estimate of drug-likeness (QED) is 0.467. The van der Waals surface area contributed by atoms with Crippen LogP contribution in [0.15, 0.2) is 36.7 Å². The highest BCUT2D eigenvalue weighted by Gasteiger charge is 2.31. The Labute approximate surface area is 172 Å². The Balaban J connectivity index is 1.56. The summed E-state index contributed by atoms with van der Waals surface area (Å²) in [5.74, 6) is -0.00592. The third kappa shape index (κ3) is 3.93. The van der Waals surface area contributed by atoms with Gasteiger partial charge in [-0.2, -0.15) is 5.10 Å². The maximum atomic E-state index is 14.0. The van der Waals surface area contributed by atoms with E-state index in [1.54, 1.807) is 12.1 Å². The summed E-state index contributed by atoms with van der Waals surface area (Å²) in [5, 5.41) is 22.0. The van der Waals surface area contributed by atoms with Crippen molar-refractivity contribution >= 4 is 23.0 Å². The Kier molecular flexibility index (Phi) is 5.55. The summed E-state index contributed by atoms with van der Waals surface area (Å²) < 4.78 is 14.0. The summed E-state index contributed by atoms with van der Waals surface area (Å²) in [7, 11) is 0. The van der Waals surface area contributed by atoms with Gasteiger partial charge in [0.15, 0.2) is 0 Å². The predicted octanol–water partition coefficient (Wildman–Crippen LogP) is 3.94. The smallest absolute Gasteiger partial charge is 0.351 e. The first-order valence-corrected chi connectivity index (χ1v) is 9.87. The van der Waals surface area contributed by atoms with E-state index in [1.807, 2.05) is 4.90 Å². The molecular formula is C20H22FN7O2. The van der Waals surface area contributed by atoms with Crippen LogP contribution in [0.3, 0.4) is 0 Å². The maximum absolute atomic E-state index is 14.0. The first-order chi connectivity index (χ1) is 14.6. The Morgan fingerprint density at radius 3 is 2.73 bits per heavy atom. The lowest BCUT2D eigenvalue weighted by Gasteiger charge is -2.31. The van der Waals surface area contributed by atoms with Gasteiger partial charge in [-0.05, 0) is 37.5 Å². The number of para-hydroxylation sites is 1. The minimum atomic E-state index is -0.522. The Bertz CT molecular complexity index is 1050. The Morgan fingerprint density at radius 2 is 2.07 bits per heavy atom. The zero-order chi connectivity index (χ0) is 21.1. The molecule has 0 saturated carbocycles. The first-order valence-electron chi connectivity index (χ1n) is 9.87. The van der Waals surface area contributed by atoms with E-state index in [-0.39, 0.29) is 23.0 Å². The molecule has 4 rings (SSSR count). The monoisotopic (exact) mass is 411 g/mol. The summed E-state index contributed by atoms with van der Waals surface area (Å²) in [5.41, 5.74) is 2.00. The van der Waals surface area contributed by atoms with Crippen LogP contribution < -0.4 is 10.2 Å². The van der Waals surface area contributed by atoms with E-state index < -0.39 is 10.7 Å². The molecule has 156 valence electrons. The predicted molar refractivity (Wildman–Crippen MR) is 111 cm³/mol. The van der Waals surface area contributed by atoms with Crippen LogP contribution in [-0.2, 0) is 6.42 Å². The number of aryl methyl sites for hydroxylation is 1. The molecule has 10 heteroatoms. The number of aromatic nitrogens is 4. The number of halogens is 1. The molecule has 0 unspecified atom stereocenters. The molecule has 1 saturated heterocycles. The second-order valence-corrected chi connectivity index (χ2v) is 7.19. The van der Waals surface area contributed by atoms with E-state index in [1.165, 1.54) is 18.5 Å². The van der Waals surface area contributed by atoms with Gasteiger partial charge in [0.2, 0.25) is 11.6 Å². The Morgan fingerprint density at radius 1 is 1.30 bits per heavy atom. The summed E-state index contributed by atoms with van der Waals surface area (Å²) in [6, 6.07) is 8.06. The minimum Gasteiger partial charge on any atom is -0.351 e. The topological polar surface area (TPSA) is 113 Å². The molecule has 1 aromatic carbocycles. The number of hydrogen-bond acceptors (Lipinski definition) is 7. The van der Waals surface area contributed by atoms with Gasteiger partial charge in [-0.25, -0.2) is 14.4 Å². The molecule has 0 radical (unpaired) electrons. The lowest BCUT2D eigenvalue weighted by atomic mass is 9.93. The van der Waals surface area contributed by atoms with Crippen molar-refractivity contribution in [3.63, 3.8) is 0 Å². The molecule has 0 atom stereocenters. The van der Waals surface area contributed by atoms with E-state index in [0.717, 1.165) is 30.7 Å². The van der Waals surface area contributed by atoms with Crippen LogP contribution in [-0.4, -0.2) is 38.2 Å². The van der Waals surface area contributed by atoms with Crippen LogP contribution in [0.2, 0.25) is 0 Å². The van der Waals surface area contributed by atoms with E-state index in [9.17, 15) is 14.5 Å². The van der Waals surface area contributed by atoms with Gasteiger partial charge in [0.25, 0.3) is 0 Å². The first kappa shape index (κ1) is 19.7. The maximum Gasteiger partial charge on any atom is 0.353 e. The van der Waals surface area contributed by atoms with Gasteiger partial charge in [0, 0.05) is 24.7 Å². The van der Waals surface area contributed by atoms with Gasteiger partial charge in [0.1, 0.15) is 12.1 Å². The SMILES string of the molecule is CCc1cc(C2CCN(c3ncnc(Nc4ccccc4F)c3[N+](=O)[O-])CC2)n[nH]1. The average molecular weight is 411 g/mol. The molecule has 2 aromatic heterocycles. The summed E-state index contributed by atoms with van der Waals surface area (Å²) in [6.07, 6.45) is 3.78. The highest BCUT2D eigenvalue weighted by atomic mass is 19.1. The molecule has 30 heavy (non-hydrogen) atoms. The number of rotatable bonds is 6. The van der Waals surface area contributed by atoms with Gasteiger partial charge >= 0.3 is 5.69 Å². The molecule has 0 bridgehead atoms. The highest BCUT2D eigenvalue weighted by Crippen LogP contribution is 2.37. The standard InChI is InChI=1S/C20H22FN7O2/c1-2-14-11-17(26-25-14)13-7-9-27(10-8-13)20-18(28(29)30)19(22-12-23-20)24-16-6-4-3-5-15(16)21/h3-6,11-13H,2,7-10H2,1H3,(H,25,26)(H,22,23,24). The number of aromatic amines is 1. The summed E-state index contributed by atoms with van der Waals surface area (Å²) in [4.78, 5) is 21.4. The van der Waals surface area contributed by atoms with Crippen molar-refractivity contribution in [1.82, 2.24) is 20.2 Å². The fraction of sp³-hybridized carbons (Fsp3) is 0.350. The van der Waals surface area contributed by atoms with Crippen molar-refractivity contribution in [1.29, 1.82) is 0 Å². The van der Waals surface area contributed by atoms with E-state index in [0.29, 0.717) is 19.0 Å². The third-order valence-electron chi connectivity index (χ3n) is 5.36. The number of piperidine rings is 1. The zero-order valence-corrected chi connectivity index (χ0v) is 16.5. The molecule has 1 aliphatic heterocycles. The zero-order valence-electron chi connectivity index (χ0n) is 16.5. The normalized spacial score (nSPS) is 14.7. The van der Waals surface area contributed by atoms with Gasteiger partial charge in [-0.1, -0.05) is 19.1 Å². The van der Waals surface area contributed by atoms with E-state index >= 15 is 0 Å². The van der Waals surface area contributed by atoms with Gasteiger partial charge in [-0.15, -0.1) is 0 Å².